The summed E-state index contributed by atoms with van der Waals surface area (Å²) in [6, 6.07) is 7.96. The highest BCUT2D eigenvalue weighted by atomic mass is 16.7. The number of likely N-dealkylation sites (N-methyl/N-ethyl adjacent to an activating group) is 2. The number of aliphatic hydroxyl groups excluding tert-OH is 2. The summed E-state index contributed by atoms with van der Waals surface area (Å²) in [6.45, 7) is 21.0. The Balaban J connectivity index is 1.15. The van der Waals surface area contributed by atoms with Gasteiger partial charge in [0, 0.05) is 77.3 Å². The first-order chi connectivity index (χ1) is 34.9. The van der Waals surface area contributed by atoms with Gasteiger partial charge < -0.3 is 58.6 Å². The second-order valence-corrected chi connectivity index (χ2v) is 23.1. The average Bonchev–Trinajstić information content (AvgIpc) is 4.03. The van der Waals surface area contributed by atoms with Crippen molar-refractivity contribution in [3.05, 3.63) is 53.6 Å². The number of aryl methyl sites for hydroxylation is 2. The molecule has 19 nitrogen and oxygen atoms in total. The van der Waals surface area contributed by atoms with Crippen molar-refractivity contribution in [1.82, 2.24) is 39.8 Å². The summed E-state index contributed by atoms with van der Waals surface area (Å²) in [6.07, 6.45) is 3.50. The quantitative estimate of drug-likeness (QED) is 0.101. The van der Waals surface area contributed by atoms with Gasteiger partial charge in [0.05, 0.1) is 65.7 Å². The number of benzene rings is 1. The van der Waals surface area contributed by atoms with E-state index >= 15 is 0 Å². The monoisotopic (exact) mass is 1040 g/mol. The van der Waals surface area contributed by atoms with E-state index in [1.54, 1.807) is 39.7 Å². The molecule has 0 bridgehead atoms. The van der Waals surface area contributed by atoms with Crippen LogP contribution in [0.5, 0.6) is 0 Å². The third kappa shape index (κ3) is 14.6. The zero-order valence-corrected chi connectivity index (χ0v) is 47.0. The van der Waals surface area contributed by atoms with E-state index in [9.17, 15) is 25.2 Å². The van der Waals surface area contributed by atoms with Gasteiger partial charge in [-0.15, -0.1) is 10.2 Å². The Morgan fingerprint density at radius 1 is 0.878 bits per heavy atom. The Kier molecular flexibility index (Phi) is 20.8. The van der Waals surface area contributed by atoms with Gasteiger partial charge in [-0.2, -0.15) is 0 Å². The van der Waals surface area contributed by atoms with E-state index in [1.807, 2.05) is 56.7 Å². The van der Waals surface area contributed by atoms with Crippen LogP contribution in [0, 0.1) is 23.7 Å². The summed E-state index contributed by atoms with van der Waals surface area (Å²) in [4.78, 5) is 18.9. The van der Waals surface area contributed by atoms with Crippen molar-refractivity contribution in [2.75, 3.05) is 41.4 Å². The minimum atomic E-state index is -1.78. The molecule has 2 aromatic heterocycles. The Bertz CT molecular complexity index is 2190. The Morgan fingerprint density at radius 2 is 1.58 bits per heavy atom. The molecule has 17 atom stereocenters. The number of aromatic nitrogens is 6. The number of carbonyl (C=O) groups excluding carboxylic acids is 1. The van der Waals surface area contributed by atoms with Crippen LogP contribution in [0.1, 0.15) is 131 Å². The normalized spacial score (nSPS) is 37.4. The summed E-state index contributed by atoms with van der Waals surface area (Å²) in [7, 11) is 7.21. The van der Waals surface area contributed by atoms with Crippen LogP contribution in [0.4, 0.5) is 0 Å². The molecule has 3 aliphatic heterocycles. The lowest BCUT2D eigenvalue weighted by atomic mass is 9.68. The second kappa shape index (κ2) is 25.8. The molecule has 6 rings (SSSR count). The lowest BCUT2D eigenvalue weighted by Gasteiger charge is -2.51. The van der Waals surface area contributed by atoms with Gasteiger partial charge >= 0.3 is 5.97 Å². The molecule has 418 valence electrons. The molecule has 0 radical (unpaired) electrons. The largest absolute Gasteiger partial charge is 0.459 e. The molecule has 74 heavy (non-hydrogen) atoms. The molecule has 2 unspecified atom stereocenters. The zero-order chi connectivity index (χ0) is 54.3. The molecule has 3 aliphatic rings. The number of rotatable bonds is 17. The molecule has 0 amide bonds. The summed E-state index contributed by atoms with van der Waals surface area (Å²) < 4.78 is 41.5. The fourth-order valence-electron chi connectivity index (χ4n) is 12.3. The van der Waals surface area contributed by atoms with Gasteiger partial charge in [-0.05, 0) is 124 Å². The van der Waals surface area contributed by atoms with Gasteiger partial charge in [0.15, 0.2) is 6.29 Å². The highest BCUT2D eigenvalue weighted by Crippen LogP contribution is 2.45. The van der Waals surface area contributed by atoms with Crippen LogP contribution in [0.15, 0.2) is 36.7 Å². The minimum absolute atomic E-state index is 0.0927. The Morgan fingerprint density at radius 3 is 2.26 bits per heavy atom. The SMILES string of the molecule is CC[C@H]1OC(=O)C(C)[C@@H](C2C[C@@](C)(OC)[C@@H](O)[C@H](C)O2)[C@H](C)[C@@H](O[C@H]2C[C@@H](N(C)CCc3cn(CCCCc4ccc(-n5cc(COC)nn5)cc4)nn3)C[C@@H](C)O2)[C@](C)(O)C[C@@H](C)CN(C)[C@H](C)[C@@H](O)[C@]1(C)O. The highest BCUT2D eigenvalue weighted by molar-refractivity contribution is 5.73. The molecule has 1 aromatic carbocycles. The highest BCUT2D eigenvalue weighted by Gasteiger charge is 2.54. The van der Waals surface area contributed by atoms with Crippen molar-refractivity contribution >= 4 is 5.97 Å². The Labute approximate surface area is 440 Å². The van der Waals surface area contributed by atoms with Crippen molar-refractivity contribution in [3.63, 3.8) is 0 Å². The number of hydrogen-bond acceptors (Lipinski definition) is 17. The van der Waals surface area contributed by atoms with Crippen LogP contribution in [-0.2, 0) is 59.2 Å². The van der Waals surface area contributed by atoms with E-state index < -0.39 is 89.5 Å². The van der Waals surface area contributed by atoms with E-state index in [1.165, 1.54) is 12.5 Å². The van der Waals surface area contributed by atoms with Crippen molar-refractivity contribution in [3.8, 4) is 5.69 Å². The average molecular weight is 1040 g/mol. The predicted molar refractivity (Wildman–Crippen MR) is 279 cm³/mol. The number of carbonyl (C=O) groups is 1. The van der Waals surface area contributed by atoms with E-state index in [0.29, 0.717) is 32.4 Å². The predicted octanol–water partition coefficient (Wildman–Crippen LogP) is 5.16. The second-order valence-electron chi connectivity index (χ2n) is 23.1. The lowest BCUT2D eigenvalue weighted by Crippen LogP contribution is -2.61. The van der Waals surface area contributed by atoms with Gasteiger partial charge in [-0.1, -0.05) is 50.3 Å². The lowest BCUT2D eigenvalue weighted by molar-refractivity contribution is -0.275. The summed E-state index contributed by atoms with van der Waals surface area (Å²) in [5.74, 6) is -2.70. The van der Waals surface area contributed by atoms with Crippen LogP contribution in [0.25, 0.3) is 5.69 Å². The summed E-state index contributed by atoms with van der Waals surface area (Å²) >= 11 is 0. The maximum atomic E-state index is 14.6. The first-order valence-corrected chi connectivity index (χ1v) is 27.2. The number of aliphatic hydroxyl groups is 4. The van der Waals surface area contributed by atoms with Crippen LogP contribution >= 0.6 is 0 Å². The van der Waals surface area contributed by atoms with E-state index in [0.717, 1.165) is 55.8 Å². The molecule has 5 heterocycles. The van der Waals surface area contributed by atoms with Gasteiger partial charge in [-0.3, -0.25) is 9.48 Å². The van der Waals surface area contributed by atoms with Crippen LogP contribution in [0.2, 0.25) is 0 Å². The maximum Gasteiger partial charge on any atom is 0.309 e. The van der Waals surface area contributed by atoms with Gasteiger partial charge in [-0.25, -0.2) is 4.68 Å². The third-order valence-corrected chi connectivity index (χ3v) is 16.8. The van der Waals surface area contributed by atoms with Crippen molar-refractivity contribution in [2.45, 2.75) is 218 Å². The fraction of sp³-hybridized carbons (Fsp3) is 0.800. The number of ether oxygens (including phenoxy) is 6. The number of methoxy groups -OCH3 is 2. The summed E-state index contributed by atoms with van der Waals surface area (Å²) in [5, 5.41) is 65.2. The van der Waals surface area contributed by atoms with Crippen molar-refractivity contribution < 1.29 is 53.6 Å². The number of hydrogen-bond donors (Lipinski definition) is 4. The molecule has 19 heteroatoms. The standard InChI is InChI=1S/C55H92N8O11/c1-15-46-55(10,68)49(64)38(6)61(12)30-34(2)28-53(8,67)51(36(4)48(37(5)52(66)73-46)45-29-54(9,70-14)50(65)39(7)72-45)74-47-27-44(26-35(3)71-47)60(11)25-23-41-31-62(58-56-41)24-17-16-18-40-19-21-43(22-20-40)63-32-42(33-69-13)57-59-63/h19-22,31-32,34-39,44-51,64-65,67-68H,15-18,23-30,33H2,1-14H3/t34-,35-,36+,37?,38-,39+,44+,45?,46-,47+,48+,49-,50+,51-,53-,54-,55-/m1/s1. The molecule has 3 fully saturated rings. The molecule has 3 aromatic rings. The number of cyclic esters (lactones) is 1. The molecular formula is C55H92N8O11. The van der Waals surface area contributed by atoms with Crippen molar-refractivity contribution in [1.29, 1.82) is 0 Å². The number of unbranched alkanes of at least 4 members (excludes halogenated alkanes) is 1. The molecule has 0 spiro atoms. The van der Waals surface area contributed by atoms with Crippen LogP contribution in [-0.4, -0.2) is 185 Å². The van der Waals surface area contributed by atoms with E-state index in [2.05, 4.69) is 70.7 Å². The fourth-order valence-corrected chi connectivity index (χ4v) is 12.3. The first-order valence-electron chi connectivity index (χ1n) is 27.2. The molecular weight excluding hydrogens is 949 g/mol. The number of esters is 1. The maximum absolute atomic E-state index is 14.6. The van der Waals surface area contributed by atoms with Crippen molar-refractivity contribution in [2.24, 2.45) is 23.7 Å². The Hall–Kier alpha value is -3.47. The smallest absolute Gasteiger partial charge is 0.309 e. The van der Waals surface area contributed by atoms with Crippen LogP contribution in [0.3, 0.4) is 0 Å². The van der Waals surface area contributed by atoms with E-state index in [4.69, 9.17) is 28.4 Å². The molecule has 0 saturated carbocycles. The minimum Gasteiger partial charge on any atom is -0.459 e. The molecule has 3 saturated heterocycles. The first kappa shape index (κ1) is 59.8. The summed E-state index contributed by atoms with van der Waals surface area (Å²) in [5.41, 5.74) is -0.309. The van der Waals surface area contributed by atoms with Gasteiger partial charge in [0.25, 0.3) is 0 Å². The molecule has 4 N–H and O–H groups in total. The van der Waals surface area contributed by atoms with E-state index in [-0.39, 0.29) is 30.9 Å². The third-order valence-electron chi connectivity index (χ3n) is 16.8. The molecule has 0 aliphatic carbocycles. The van der Waals surface area contributed by atoms with Gasteiger partial charge in [0.1, 0.15) is 29.6 Å². The number of nitrogens with zero attached hydrogens (tertiary/aromatic N) is 8. The zero-order valence-electron chi connectivity index (χ0n) is 47.0. The topological polar surface area (TPSA) is 221 Å². The van der Waals surface area contributed by atoms with Gasteiger partial charge in [0.2, 0.25) is 0 Å². The van der Waals surface area contributed by atoms with Crippen LogP contribution < -0.4 is 0 Å².